The van der Waals surface area contributed by atoms with Gasteiger partial charge in [0, 0.05) is 29.9 Å². The van der Waals surface area contributed by atoms with Crippen LogP contribution in [0.1, 0.15) is 37.5 Å². The van der Waals surface area contributed by atoms with E-state index in [4.69, 9.17) is 14.2 Å². The molecule has 0 radical (unpaired) electrons. The molecule has 0 bridgehead atoms. The average Bonchev–Trinajstić information content (AvgIpc) is 3.35. The predicted octanol–water partition coefficient (Wildman–Crippen LogP) is 4.57. The molecule has 230 valence electrons. The fourth-order valence-corrected chi connectivity index (χ4v) is 6.35. The molecule has 12 nitrogen and oxygen atoms in total. The zero-order valence-electron chi connectivity index (χ0n) is 24.7. The van der Waals surface area contributed by atoms with Crippen molar-refractivity contribution >= 4 is 27.6 Å². The maximum atomic E-state index is 14.0. The second-order valence-electron chi connectivity index (χ2n) is 10.2. The molecule has 0 unspecified atom stereocenters. The first-order chi connectivity index (χ1) is 21.0. The monoisotopic (exact) mass is 620 g/mol. The summed E-state index contributed by atoms with van der Waals surface area (Å²) in [6, 6.07) is 16.3. The Morgan fingerprint density at radius 2 is 1.70 bits per heavy atom. The fourth-order valence-electron chi connectivity index (χ4n) is 4.80. The van der Waals surface area contributed by atoms with Crippen molar-refractivity contribution in [1.29, 1.82) is 0 Å². The van der Waals surface area contributed by atoms with Crippen LogP contribution in [0.3, 0.4) is 0 Å². The molecule has 1 fully saturated rings. The average molecular weight is 621 g/mol. The molecule has 5 rings (SSSR count). The van der Waals surface area contributed by atoms with E-state index >= 15 is 0 Å². The second kappa shape index (κ2) is 12.5. The number of nitrogens with zero attached hydrogens (tertiary/aromatic N) is 3. The van der Waals surface area contributed by atoms with Crippen LogP contribution in [0.5, 0.6) is 17.4 Å². The molecule has 0 aliphatic carbocycles. The maximum Gasteiger partial charge on any atom is 0.356 e. The molecule has 0 atom stereocenters. The first-order valence-corrected chi connectivity index (χ1v) is 15.2. The first kappa shape index (κ1) is 30.7. The number of carboxylic acid groups (broad SMARTS) is 1. The molecule has 1 aromatic heterocycles. The summed E-state index contributed by atoms with van der Waals surface area (Å²) in [4.78, 5) is 24.9. The molecular formula is C31H32N4O8S. The van der Waals surface area contributed by atoms with Crippen molar-refractivity contribution in [2.45, 2.75) is 25.7 Å². The Labute approximate surface area is 254 Å². The van der Waals surface area contributed by atoms with E-state index in [-0.39, 0.29) is 59.8 Å². The normalized spacial score (nSPS) is 13.8. The lowest BCUT2D eigenvalue weighted by Gasteiger charge is -2.27. The highest BCUT2D eigenvalue weighted by molar-refractivity contribution is 7.89. The zero-order chi connectivity index (χ0) is 31.6. The van der Waals surface area contributed by atoms with Crippen LogP contribution in [0.2, 0.25) is 0 Å². The van der Waals surface area contributed by atoms with E-state index in [2.05, 4.69) is 10.4 Å². The third-order valence-corrected chi connectivity index (χ3v) is 9.32. The van der Waals surface area contributed by atoms with E-state index in [1.807, 2.05) is 26.0 Å². The number of benzene rings is 3. The van der Waals surface area contributed by atoms with Crippen molar-refractivity contribution in [2.24, 2.45) is 0 Å². The Bertz CT molecular complexity index is 1850. The summed E-state index contributed by atoms with van der Waals surface area (Å²) < 4.78 is 47.5. The number of sulfonamides is 1. The van der Waals surface area contributed by atoms with Crippen LogP contribution in [-0.2, 0) is 14.8 Å². The van der Waals surface area contributed by atoms with E-state index < -0.39 is 21.9 Å². The second-order valence-corrected chi connectivity index (χ2v) is 12.1. The molecular weight excluding hydrogens is 588 g/mol. The van der Waals surface area contributed by atoms with Crippen molar-refractivity contribution < 1.29 is 37.3 Å². The number of rotatable bonds is 9. The molecule has 44 heavy (non-hydrogen) atoms. The number of morpholine rings is 1. The molecule has 0 saturated carbocycles. The van der Waals surface area contributed by atoms with Gasteiger partial charge in [-0.2, -0.15) is 14.1 Å². The molecule has 0 spiro atoms. The Balaban J connectivity index is 1.61. The summed E-state index contributed by atoms with van der Waals surface area (Å²) in [7, 11) is -2.66. The van der Waals surface area contributed by atoms with Crippen molar-refractivity contribution in [1.82, 2.24) is 14.1 Å². The van der Waals surface area contributed by atoms with Gasteiger partial charge in [-0.3, -0.25) is 4.79 Å². The Morgan fingerprint density at radius 1 is 0.977 bits per heavy atom. The highest BCUT2D eigenvalue weighted by atomic mass is 32.2. The number of nitrogens with one attached hydrogen (secondary N) is 1. The predicted molar refractivity (Wildman–Crippen MR) is 162 cm³/mol. The third kappa shape index (κ3) is 6.02. The van der Waals surface area contributed by atoms with E-state index in [1.165, 1.54) is 34.3 Å². The number of ether oxygens (including phenoxy) is 3. The van der Waals surface area contributed by atoms with Gasteiger partial charge in [0.05, 0.1) is 26.0 Å². The third-order valence-electron chi connectivity index (χ3n) is 7.40. The maximum absolute atomic E-state index is 14.0. The number of methoxy groups -OCH3 is 1. The lowest BCUT2D eigenvalue weighted by atomic mass is 10.1. The summed E-state index contributed by atoms with van der Waals surface area (Å²) in [5.41, 5.74) is 2.87. The highest BCUT2D eigenvalue weighted by Crippen LogP contribution is 2.37. The molecule has 4 aromatic rings. The Kier molecular flexibility index (Phi) is 8.72. The van der Waals surface area contributed by atoms with Crippen molar-refractivity contribution in [3.8, 4) is 23.1 Å². The molecule has 3 aromatic carbocycles. The van der Waals surface area contributed by atoms with Gasteiger partial charge in [0.2, 0.25) is 15.9 Å². The van der Waals surface area contributed by atoms with Crippen LogP contribution in [-0.4, -0.2) is 72.9 Å². The molecule has 2 N–H and O–H groups in total. The SMILES string of the molecule is COc1cccc(C(=O)Nc2ccc(Oc3c(C)c(C(=O)O)nn3-c3cccc(C)c3C)c(S(=O)(=O)N3CCOCC3)c2)c1. The van der Waals surface area contributed by atoms with Crippen molar-refractivity contribution in [3.05, 3.63) is 88.6 Å². The van der Waals surface area contributed by atoms with Gasteiger partial charge in [0.25, 0.3) is 5.91 Å². The largest absolute Gasteiger partial charge is 0.497 e. The number of carbonyl (C=O) groups is 2. The van der Waals surface area contributed by atoms with E-state index in [0.717, 1.165) is 11.1 Å². The summed E-state index contributed by atoms with van der Waals surface area (Å²) >= 11 is 0. The number of anilines is 1. The Morgan fingerprint density at radius 3 is 2.41 bits per heavy atom. The minimum atomic E-state index is -4.15. The van der Waals surface area contributed by atoms with Crippen LogP contribution in [0.4, 0.5) is 5.69 Å². The number of hydrogen-bond acceptors (Lipinski definition) is 8. The molecule has 1 amide bonds. The van der Waals surface area contributed by atoms with Gasteiger partial charge in [-0.25, -0.2) is 13.2 Å². The molecule has 1 aliphatic rings. The zero-order valence-corrected chi connectivity index (χ0v) is 25.5. The number of aromatic nitrogens is 2. The standard InChI is InChI=1S/C31H32N4O8S/c1-19-7-5-10-25(20(19)2)35-30(21(3)28(33-35)31(37)38)43-26-12-11-23(32-29(36)22-8-6-9-24(17-22)41-4)18-27(26)44(39,40)34-13-15-42-16-14-34/h5-12,17-18H,13-16H2,1-4H3,(H,32,36)(H,37,38). The van der Waals surface area contributed by atoms with E-state index in [9.17, 15) is 23.1 Å². The molecule has 1 saturated heterocycles. The number of amides is 1. The summed E-state index contributed by atoms with van der Waals surface area (Å²) in [5.74, 6) is -1.26. The number of aromatic carboxylic acids is 1. The minimum absolute atomic E-state index is 0.0442. The van der Waals surface area contributed by atoms with Crippen LogP contribution >= 0.6 is 0 Å². The number of hydrogen-bond donors (Lipinski definition) is 2. The van der Waals surface area contributed by atoms with E-state index in [0.29, 0.717) is 17.0 Å². The van der Waals surface area contributed by atoms with Crippen molar-refractivity contribution in [3.63, 3.8) is 0 Å². The van der Waals surface area contributed by atoms with Gasteiger partial charge >= 0.3 is 5.97 Å². The van der Waals surface area contributed by atoms with Crippen molar-refractivity contribution in [2.75, 3.05) is 38.7 Å². The van der Waals surface area contributed by atoms with Gasteiger partial charge in [0.1, 0.15) is 16.4 Å². The minimum Gasteiger partial charge on any atom is -0.497 e. The fraction of sp³-hybridized carbons (Fsp3) is 0.258. The van der Waals surface area contributed by atoms with Gasteiger partial charge in [-0.15, -0.1) is 0 Å². The van der Waals surface area contributed by atoms with Gasteiger partial charge in [-0.05, 0) is 74.4 Å². The lowest BCUT2D eigenvalue weighted by molar-refractivity contribution is 0.0689. The van der Waals surface area contributed by atoms with Crippen LogP contribution < -0.4 is 14.8 Å². The number of carbonyl (C=O) groups excluding carboxylic acids is 1. The molecule has 2 heterocycles. The van der Waals surface area contributed by atoms with Crippen LogP contribution in [0.15, 0.2) is 65.6 Å². The summed E-state index contributed by atoms with van der Waals surface area (Å²) in [5, 5.41) is 16.9. The number of carboxylic acids is 1. The van der Waals surface area contributed by atoms with Gasteiger partial charge in [0.15, 0.2) is 5.69 Å². The smallest absolute Gasteiger partial charge is 0.356 e. The summed E-state index contributed by atoms with van der Waals surface area (Å²) in [6.07, 6.45) is 0. The van der Waals surface area contributed by atoms with Crippen LogP contribution in [0, 0.1) is 20.8 Å². The number of aryl methyl sites for hydroxylation is 1. The van der Waals surface area contributed by atoms with E-state index in [1.54, 1.807) is 37.3 Å². The van der Waals surface area contributed by atoms with Gasteiger partial charge in [-0.1, -0.05) is 18.2 Å². The molecule has 1 aliphatic heterocycles. The molecule has 13 heteroatoms. The quantitative estimate of drug-likeness (QED) is 0.274. The first-order valence-electron chi connectivity index (χ1n) is 13.8. The lowest BCUT2D eigenvalue weighted by Crippen LogP contribution is -2.40. The van der Waals surface area contributed by atoms with Gasteiger partial charge < -0.3 is 24.6 Å². The summed E-state index contributed by atoms with van der Waals surface area (Å²) in [6.45, 7) is 6.05. The topological polar surface area (TPSA) is 149 Å². The van der Waals surface area contributed by atoms with Crippen LogP contribution in [0.25, 0.3) is 5.69 Å². The Hall–Kier alpha value is -4.72. The highest BCUT2D eigenvalue weighted by Gasteiger charge is 2.32.